The fraction of sp³-hybridized carbons (Fsp3) is 0.143. The van der Waals surface area contributed by atoms with Crippen molar-refractivity contribution in [3.63, 3.8) is 0 Å². The highest BCUT2D eigenvalue weighted by atomic mass is 16.2. The van der Waals surface area contributed by atoms with Crippen molar-refractivity contribution in [3.05, 3.63) is 42.5 Å². The Balaban J connectivity index is 1.99. The number of urea groups is 1. The van der Waals surface area contributed by atoms with E-state index in [0.29, 0.717) is 13.0 Å². The van der Waals surface area contributed by atoms with E-state index in [2.05, 4.69) is 5.32 Å². The third-order valence-corrected chi connectivity index (χ3v) is 3.10. The van der Waals surface area contributed by atoms with E-state index in [1.807, 2.05) is 42.5 Å². The second-order valence-corrected chi connectivity index (χ2v) is 4.29. The third-order valence-electron chi connectivity index (χ3n) is 3.10. The Morgan fingerprint density at radius 1 is 1.00 bits per heavy atom. The molecular formula is C14H12N2O2. The van der Waals surface area contributed by atoms with Crippen molar-refractivity contribution in [2.75, 3.05) is 11.4 Å². The van der Waals surface area contributed by atoms with Gasteiger partial charge in [-0.3, -0.25) is 15.0 Å². The zero-order chi connectivity index (χ0) is 12.5. The second-order valence-electron chi connectivity index (χ2n) is 4.29. The van der Waals surface area contributed by atoms with Crippen molar-refractivity contribution in [2.45, 2.75) is 6.42 Å². The maximum atomic E-state index is 11.7. The van der Waals surface area contributed by atoms with Gasteiger partial charge in [-0.1, -0.05) is 30.3 Å². The van der Waals surface area contributed by atoms with Crippen LogP contribution >= 0.6 is 0 Å². The zero-order valence-electron chi connectivity index (χ0n) is 9.72. The summed E-state index contributed by atoms with van der Waals surface area (Å²) in [6.45, 7) is 0.434. The number of fused-ring (bicyclic) bond motifs is 1. The van der Waals surface area contributed by atoms with Gasteiger partial charge in [0.2, 0.25) is 5.91 Å². The van der Waals surface area contributed by atoms with Crippen LogP contribution < -0.4 is 10.2 Å². The Labute approximate surface area is 104 Å². The molecule has 0 aromatic heterocycles. The average Bonchev–Trinajstić information content (AvgIpc) is 2.38. The topological polar surface area (TPSA) is 49.4 Å². The molecule has 0 unspecified atom stereocenters. The predicted octanol–water partition coefficient (Wildman–Crippen LogP) is 2.29. The molecule has 1 fully saturated rings. The van der Waals surface area contributed by atoms with E-state index in [1.165, 1.54) is 0 Å². The highest BCUT2D eigenvalue weighted by Gasteiger charge is 2.23. The second kappa shape index (κ2) is 4.14. The molecular weight excluding hydrogens is 228 g/mol. The summed E-state index contributed by atoms with van der Waals surface area (Å²) in [4.78, 5) is 24.4. The normalized spacial score (nSPS) is 15.9. The zero-order valence-corrected chi connectivity index (χ0v) is 9.72. The maximum Gasteiger partial charge on any atom is 0.328 e. The molecule has 18 heavy (non-hydrogen) atoms. The first kappa shape index (κ1) is 10.8. The molecule has 1 N–H and O–H groups in total. The maximum absolute atomic E-state index is 11.7. The van der Waals surface area contributed by atoms with Gasteiger partial charge in [0, 0.05) is 18.7 Å². The fourth-order valence-electron chi connectivity index (χ4n) is 2.16. The van der Waals surface area contributed by atoms with Crippen LogP contribution in [0.3, 0.4) is 0 Å². The summed E-state index contributed by atoms with van der Waals surface area (Å²) >= 11 is 0. The third kappa shape index (κ3) is 1.82. The molecule has 1 aliphatic rings. The van der Waals surface area contributed by atoms with E-state index in [1.54, 1.807) is 4.90 Å². The summed E-state index contributed by atoms with van der Waals surface area (Å²) in [5.74, 6) is -0.211. The van der Waals surface area contributed by atoms with Crippen molar-refractivity contribution < 1.29 is 9.59 Å². The van der Waals surface area contributed by atoms with Gasteiger partial charge >= 0.3 is 6.03 Å². The molecule has 3 rings (SSSR count). The molecule has 3 amide bonds. The minimum atomic E-state index is -0.346. The molecule has 0 aliphatic carbocycles. The lowest BCUT2D eigenvalue weighted by Crippen LogP contribution is -2.49. The summed E-state index contributed by atoms with van der Waals surface area (Å²) < 4.78 is 0. The van der Waals surface area contributed by atoms with Crippen LogP contribution in [0.1, 0.15) is 6.42 Å². The van der Waals surface area contributed by atoms with Crippen LogP contribution in [0, 0.1) is 0 Å². The minimum Gasteiger partial charge on any atom is -0.294 e. The lowest BCUT2D eigenvalue weighted by Gasteiger charge is -2.26. The van der Waals surface area contributed by atoms with Gasteiger partial charge in [0.15, 0.2) is 0 Å². The number of hydrogen-bond acceptors (Lipinski definition) is 2. The van der Waals surface area contributed by atoms with E-state index in [9.17, 15) is 9.59 Å². The number of anilines is 1. The Bertz CT molecular complexity index is 636. The van der Waals surface area contributed by atoms with Crippen molar-refractivity contribution in [3.8, 4) is 0 Å². The number of nitrogens with zero attached hydrogens (tertiary/aromatic N) is 1. The molecule has 2 aromatic rings. The van der Waals surface area contributed by atoms with Crippen molar-refractivity contribution in [1.82, 2.24) is 5.32 Å². The van der Waals surface area contributed by atoms with Gasteiger partial charge in [-0.05, 0) is 22.9 Å². The van der Waals surface area contributed by atoms with Gasteiger partial charge in [-0.2, -0.15) is 0 Å². The smallest absolute Gasteiger partial charge is 0.294 e. The van der Waals surface area contributed by atoms with E-state index >= 15 is 0 Å². The molecule has 0 radical (unpaired) electrons. The lowest BCUT2D eigenvalue weighted by atomic mass is 10.1. The molecule has 1 aliphatic heterocycles. The summed E-state index contributed by atoms with van der Waals surface area (Å²) in [6.07, 6.45) is 0.346. The fourth-order valence-corrected chi connectivity index (χ4v) is 2.16. The number of carbonyl (C=O) groups excluding carboxylic acids is 2. The lowest BCUT2D eigenvalue weighted by molar-refractivity contribution is -0.120. The number of nitrogens with one attached hydrogen (secondary N) is 1. The molecule has 0 spiro atoms. The van der Waals surface area contributed by atoms with Crippen LogP contribution in [0.4, 0.5) is 10.5 Å². The van der Waals surface area contributed by atoms with Gasteiger partial charge in [0.25, 0.3) is 0 Å². The van der Waals surface area contributed by atoms with E-state index in [-0.39, 0.29) is 11.9 Å². The Hall–Kier alpha value is -2.36. The summed E-state index contributed by atoms with van der Waals surface area (Å²) in [5.41, 5.74) is 0.818. The van der Waals surface area contributed by atoms with Crippen LogP contribution in [-0.4, -0.2) is 18.5 Å². The highest BCUT2D eigenvalue weighted by Crippen LogP contribution is 2.23. The molecule has 90 valence electrons. The Morgan fingerprint density at radius 2 is 1.78 bits per heavy atom. The number of rotatable bonds is 1. The van der Waals surface area contributed by atoms with E-state index < -0.39 is 0 Å². The van der Waals surface area contributed by atoms with Gasteiger partial charge < -0.3 is 0 Å². The summed E-state index contributed by atoms with van der Waals surface area (Å²) in [6, 6.07) is 13.5. The predicted molar refractivity (Wildman–Crippen MR) is 69.4 cm³/mol. The number of amides is 3. The minimum absolute atomic E-state index is 0.211. The molecule has 2 aromatic carbocycles. The monoisotopic (exact) mass is 240 g/mol. The van der Waals surface area contributed by atoms with Crippen molar-refractivity contribution >= 4 is 28.4 Å². The standard InChI is InChI=1S/C14H12N2O2/c17-13-7-8-16(14(18)15-13)12-6-5-10-3-1-2-4-11(10)9-12/h1-6,9H,7-8H2,(H,15,17,18). The number of hydrogen-bond donors (Lipinski definition) is 1. The van der Waals surface area contributed by atoms with Crippen LogP contribution in [0.5, 0.6) is 0 Å². The highest BCUT2D eigenvalue weighted by molar-refractivity contribution is 6.06. The van der Waals surface area contributed by atoms with Crippen LogP contribution in [-0.2, 0) is 4.79 Å². The Kier molecular flexibility index (Phi) is 2.48. The van der Waals surface area contributed by atoms with Gasteiger partial charge in [0.05, 0.1) is 0 Å². The van der Waals surface area contributed by atoms with E-state index in [0.717, 1.165) is 16.5 Å². The van der Waals surface area contributed by atoms with E-state index in [4.69, 9.17) is 0 Å². The first-order chi connectivity index (χ1) is 8.74. The Morgan fingerprint density at radius 3 is 2.56 bits per heavy atom. The van der Waals surface area contributed by atoms with Crippen molar-refractivity contribution in [1.29, 1.82) is 0 Å². The molecule has 4 heteroatoms. The number of carbonyl (C=O) groups is 2. The average molecular weight is 240 g/mol. The SMILES string of the molecule is O=C1CCN(c2ccc3ccccc3c2)C(=O)N1. The number of imide groups is 1. The number of benzene rings is 2. The van der Waals surface area contributed by atoms with Crippen LogP contribution in [0.15, 0.2) is 42.5 Å². The molecule has 0 atom stereocenters. The van der Waals surface area contributed by atoms with Crippen LogP contribution in [0.2, 0.25) is 0 Å². The van der Waals surface area contributed by atoms with Crippen molar-refractivity contribution in [2.24, 2.45) is 0 Å². The van der Waals surface area contributed by atoms with Gasteiger partial charge in [-0.15, -0.1) is 0 Å². The van der Waals surface area contributed by atoms with Gasteiger partial charge in [-0.25, -0.2) is 4.79 Å². The molecule has 4 nitrogen and oxygen atoms in total. The van der Waals surface area contributed by atoms with Gasteiger partial charge in [0.1, 0.15) is 0 Å². The molecule has 1 saturated heterocycles. The first-order valence-corrected chi connectivity index (χ1v) is 5.84. The summed E-state index contributed by atoms with van der Waals surface area (Å²) in [5, 5.41) is 4.54. The first-order valence-electron chi connectivity index (χ1n) is 5.84. The molecule has 1 heterocycles. The molecule has 0 saturated carbocycles. The largest absolute Gasteiger partial charge is 0.328 e. The quantitative estimate of drug-likeness (QED) is 0.831. The summed E-state index contributed by atoms with van der Waals surface area (Å²) in [7, 11) is 0. The van der Waals surface area contributed by atoms with Crippen LogP contribution in [0.25, 0.3) is 10.8 Å². The molecule has 0 bridgehead atoms.